The van der Waals surface area contributed by atoms with Gasteiger partial charge in [-0.15, -0.1) is 0 Å². The van der Waals surface area contributed by atoms with E-state index in [4.69, 9.17) is 0 Å². The summed E-state index contributed by atoms with van der Waals surface area (Å²) in [5, 5.41) is 0. The van der Waals surface area contributed by atoms with E-state index in [2.05, 4.69) is 4.99 Å². The van der Waals surface area contributed by atoms with E-state index in [1.165, 1.54) is 0 Å². The van der Waals surface area contributed by atoms with Crippen LogP contribution in [-0.2, 0) is 21.9 Å². The Morgan fingerprint density at radius 3 is 2.21 bits per heavy atom. The Kier molecular flexibility index (Phi) is 6.26. The average Bonchev–Trinajstić information content (AvgIpc) is 3.14. The van der Waals surface area contributed by atoms with Gasteiger partial charge in [0.15, 0.2) is 0 Å². The van der Waals surface area contributed by atoms with Crippen molar-refractivity contribution in [2.24, 2.45) is 4.99 Å². The van der Waals surface area contributed by atoms with Gasteiger partial charge in [0.05, 0.1) is 12.4 Å². The van der Waals surface area contributed by atoms with Crippen LogP contribution >= 0.6 is 0 Å². The van der Waals surface area contributed by atoms with E-state index in [1.807, 2.05) is 54.6 Å². The van der Waals surface area contributed by atoms with E-state index in [0.29, 0.717) is 0 Å². The molecule has 19 heavy (non-hydrogen) atoms. The average molecular weight is 296 g/mol. The monoisotopic (exact) mass is 296 g/mol. The van der Waals surface area contributed by atoms with E-state index in [9.17, 15) is 4.79 Å². The SMILES string of the molecule is CC(=O)N1CCN=C1[c-]1cccc1.[Fe].[cH-]1[cH-][cH-][cH-][cH-]1. The molecule has 1 aliphatic heterocycles. The van der Waals surface area contributed by atoms with Crippen molar-refractivity contribution in [2.45, 2.75) is 6.92 Å². The number of amides is 1. The van der Waals surface area contributed by atoms with Gasteiger partial charge in [0.1, 0.15) is 0 Å². The Hall–Kier alpha value is -1.64. The number of nitrogens with zero attached hydrogens (tertiary/aromatic N) is 2. The summed E-state index contributed by atoms with van der Waals surface area (Å²) in [7, 11) is 0. The molecular formula is C15H16FeN2O-6. The summed E-state index contributed by atoms with van der Waals surface area (Å²) in [6.45, 7) is 3.01. The molecule has 3 nitrogen and oxygen atoms in total. The molecule has 0 atom stereocenters. The van der Waals surface area contributed by atoms with Crippen molar-refractivity contribution < 1.29 is 21.9 Å². The van der Waals surface area contributed by atoms with Gasteiger partial charge in [-0.05, 0) is 0 Å². The predicted molar refractivity (Wildman–Crippen MR) is 72.9 cm³/mol. The van der Waals surface area contributed by atoms with Crippen molar-refractivity contribution in [1.82, 2.24) is 4.90 Å². The zero-order valence-electron chi connectivity index (χ0n) is 10.8. The van der Waals surface area contributed by atoms with Crippen molar-refractivity contribution in [2.75, 3.05) is 13.1 Å². The summed E-state index contributed by atoms with van der Waals surface area (Å²) in [4.78, 5) is 17.2. The second-order valence-corrected chi connectivity index (χ2v) is 4.01. The zero-order valence-corrected chi connectivity index (χ0v) is 11.9. The van der Waals surface area contributed by atoms with E-state index < -0.39 is 0 Å². The molecule has 1 amide bonds. The number of carbonyl (C=O) groups excluding carboxylic acids is 1. The van der Waals surface area contributed by atoms with Gasteiger partial charge in [0.2, 0.25) is 5.91 Å². The van der Waals surface area contributed by atoms with Crippen molar-refractivity contribution in [3.63, 3.8) is 0 Å². The number of aliphatic imine (C=N–C) groups is 1. The first-order valence-corrected chi connectivity index (χ1v) is 6.00. The fraction of sp³-hybridized carbons (Fsp3) is 0.200. The standard InChI is InChI=1S/C10H11N2O.C5H5.Fe/c1-8(13)12-7-6-11-10(12)9-4-2-3-5-9;1-2-4-5-3-1;/h2-5H,6-7H2,1H3;1-5H;/q-1;-5;. The Labute approximate surface area is 124 Å². The molecule has 4 heteroatoms. The second kappa shape index (κ2) is 7.72. The fourth-order valence-corrected chi connectivity index (χ4v) is 1.84. The molecule has 0 aliphatic carbocycles. The third-order valence-electron chi connectivity index (χ3n) is 2.70. The molecule has 0 spiro atoms. The molecule has 3 rings (SSSR count). The number of amidine groups is 1. The molecule has 0 radical (unpaired) electrons. The van der Waals surface area contributed by atoms with E-state index in [-0.39, 0.29) is 23.0 Å². The minimum Gasteiger partial charge on any atom is -0.748 e. The smallest absolute Gasteiger partial charge is 0.224 e. The van der Waals surface area contributed by atoms with Gasteiger partial charge in [0.25, 0.3) is 0 Å². The molecule has 2 aromatic carbocycles. The molecule has 106 valence electrons. The van der Waals surface area contributed by atoms with Crippen LogP contribution in [0.15, 0.2) is 59.6 Å². The number of carbonyl (C=O) groups is 1. The summed E-state index contributed by atoms with van der Waals surface area (Å²) in [5.74, 6) is 0.884. The van der Waals surface area contributed by atoms with Crippen molar-refractivity contribution in [3.05, 3.63) is 60.2 Å². The molecule has 0 fully saturated rings. The van der Waals surface area contributed by atoms with Gasteiger partial charge < -0.3 is 35.2 Å². The normalized spacial score (nSPS) is 13.1. The van der Waals surface area contributed by atoms with E-state index in [1.54, 1.807) is 11.8 Å². The maximum atomic E-state index is 11.2. The quantitative estimate of drug-likeness (QED) is 0.587. The van der Waals surface area contributed by atoms with Gasteiger partial charge in [-0.2, -0.15) is 12.1 Å². The van der Waals surface area contributed by atoms with Gasteiger partial charge >= 0.3 is 0 Å². The Balaban J connectivity index is 0.000000256. The number of hydrogen-bond donors (Lipinski definition) is 0. The van der Waals surface area contributed by atoms with Crippen LogP contribution in [0.2, 0.25) is 0 Å². The third kappa shape index (κ3) is 4.19. The van der Waals surface area contributed by atoms with Crippen LogP contribution in [0.25, 0.3) is 0 Å². The molecule has 0 saturated heterocycles. The fourth-order valence-electron chi connectivity index (χ4n) is 1.84. The maximum absolute atomic E-state index is 11.2. The Bertz CT molecular complexity index is 483. The molecule has 2 aromatic rings. The molecule has 0 unspecified atom stereocenters. The van der Waals surface area contributed by atoms with E-state index >= 15 is 0 Å². The van der Waals surface area contributed by atoms with Crippen LogP contribution < -0.4 is 0 Å². The molecule has 0 bridgehead atoms. The number of hydrogen-bond acceptors (Lipinski definition) is 2. The molecule has 0 N–H and O–H groups in total. The first-order valence-electron chi connectivity index (χ1n) is 6.00. The van der Waals surface area contributed by atoms with Crippen LogP contribution in [0, 0.1) is 0 Å². The largest absolute Gasteiger partial charge is 0.748 e. The van der Waals surface area contributed by atoms with Gasteiger partial charge in [0, 0.05) is 30.5 Å². The summed E-state index contributed by atoms with van der Waals surface area (Å²) in [5.41, 5.74) is 1.03. The minimum absolute atomic E-state index is 0. The first kappa shape index (κ1) is 15.4. The molecule has 0 saturated carbocycles. The number of rotatable bonds is 1. The molecule has 1 heterocycles. The van der Waals surface area contributed by atoms with Crippen LogP contribution in [0.5, 0.6) is 0 Å². The van der Waals surface area contributed by atoms with Gasteiger partial charge in [-0.3, -0.25) is 9.79 Å². The Morgan fingerprint density at radius 2 is 1.74 bits per heavy atom. The second-order valence-electron chi connectivity index (χ2n) is 4.01. The minimum atomic E-state index is 0. The summed E-state index contributed by atoms with van der Waals surface area (Å²) < 4.78 is 0. The van der Waals surface area contributed by atoms with Crippen molar-refractivity contribution in [1.29, 1.82) is 0 Å². The van der Waals surface area contributed by atoms with Crippen LogP contribution in [0.1, 0.15) is 12.5 Å². The summed E-state index contributed by atoms with van der Waals surface area (Å²) in [6, 6.07) is 17.9. The summed E-state index contributed by atoms with van der Waals surface area (Å²) in [6.07, 6.45) is 0. The van der Waals surface area contributed by atoms with Gasteiger partial charge in [-0.1, -0.05) is 5.56 Å². The molecular weight excluding hydrogens is 280 g/mol. The van der Waals surface area contributed by atoms with E-state index in [0.717, 1.165) is 24.5 Å². The van der Waals surface area contributed by atoms with Crippen LogP contribution in [-0.4, -0.2) is 29.7 Å². The summed E-state index contributed by atoms with van der Waals surface area (Å²) >= 11 is 0. The topological polar surface area (TPSA) is 32.7 Å². The van der Waals surface area contributed by atoms with Crippen molar-refractivity contribution in [3.8, 4) is 0 Å². The van der Waals surface area contributed by atoms with Crippen LogP contribution in [0.3, 0.4) is 0 Å². The Morgan fingerprint density at radius 1 is 1.21 bits per heavy atom. The molecule has 0 aromatic heterocycles. The molecule has 1 aliphatic rings. The maximum Gasteiger partial charge on any atom is 0.224 e. The van der Waals surface area contributed by atoms with Gasteiger partial charge in [-0.25, -0.2) is 12.1 Å². The van der Waals surface area contributed by atoms with Crippen molar-refractivity contribution >= 4 is 11.7 Å². The first-order chi connectivity index (χ1) is 8.79. The predicted octanol–water partition coefficient (Wildman–Crippen LogP) is 2.42. The zero-order chi connectivity index (χ0) is 12.8. The third-order valence-corrected chi connectivity index (χ3v) is 2.70. The van der Waals surface area contributed by atoms with Crippen LogP contribution in [0.4, 0.5) is 0 Å².